The van der Waals surface area contributed by atoms with Gasteiger partial charge in [0.05, 0.1) is 7.11 Å². The highest BCUT2D eigenvalue weighted by molar-refractivity contribution is 7.89. The Morgan fingerprint density at radius 3 is 2.68 bits per heavy atom. The molecule has 0 amide bonds. The van der Waals surface area contributed by atoms with Crippen molar-refractivity contribution < 1.29 is 13.2 Å². The van der Waals surface area contributed by atoms with Gasteiger partial charge in [0, 0.05) is 12.6 Å². The predicted octanol–water partition coefficient (Wildman–Crippen LogP) is 0.952. The van der Waals surface area contributed by atoms with Crippen LogP contribution < -0.4 is 14.8 Å². The zero-order valence-electron chi connectivity index (χ0n) is 11.5. The van der Waals surface area contributed by atoms with Crippen molar-refractivity contribution in [2.75, 3.05) is 20.2 Å². The van der Waals surface area contributed by atoms with E-state index >= 15 is 0 Å². The molecule has 6 heteroatoms. The van der Waals surface area contributed by atoms with E-state index < -0.39 is 10.0 Å². The minimum Gasteiger partial charge on any atom is -0.495 e. The van der Waals surface area contributed by atoms with Crippen LogP contribution >= 0.6 is 0 Å². The van der Waals surface area contributed by atoms with Crippen LogP contribution in [0.4, 0.5) is 0 Å². The zero-order valence-corrected chi connectivity index (χ0v) is 12.3. The molecule has 0 radical (unpaired) electrons. The summed E-state index contributed by atoms with van der Waals surface area (Å²) in [4.78, 5) is 0.222. The van der Waals surface area contributed by atoms with Crippen LogP contribution in [0.2, 0.25) is 0 Å². The smallest absolute Gasteiger partial charge is 0.244 e. The third-order valence-corrected chi connectivity index (χ3v) is 4.79. The van der Waals surface area contributed by atoms with Crippen molar-refractivity contribution in [3.05, 3.63) is 23.3 Å². The fourth-order valence-electron chi connectivity index (χ4n) is 2.41. The molecule has 1 atom stereocenters. The molecule has 1 aromatic rings. The lowest BCUT2D eigenvalue weighted by Gasteiger charge is -2.16. The normalized spacial score (nSPS) is 19.6. The second kappa shape index (κ2) is 5.48. The number of nitrogens with one attached hydrogen (secondary N) is 2. The van der Waals surface area contributed by atoms with Gasteiger partial charge in [-0.15, -0.1) is 0 Å². The van der Waals surface area contributed by atoms with Crippen LogP contribution in [0.1, 0.15) is 17.5 Å². The Hall–Kier alpha value is -1.11. The van der Waals surface area contributed by atoms with E-state index in [0.717, 1.165) is 24.1 Å². The highest BCUT2D eigenvalue weighted by atomic mass is 32.2. The zero-order chi connectivity index (χ0) is 14.0. The number of hydrogen-bond donors (Lipinski definition) is 2. The van der Waals surface area contributed by atoms with Crippen LogP contribution in [0.25, 0.3) is 0 Å². The molecule has 1 unspecified atom stereocenters. The highest BCUT2D eigenvalue weighted by Gasteiger charge is 2.26. The van der Waals surface area contributed by atoms with E-state index in [4.69, 9.17) is 4.74 Å². The molecular weight excluding hydrogens is 264 g/mol. The molecule has 0 aromatic heterocycles. The molecule has 19 heavy (non-hydrogen) atoms. The van der Waals surface area contributed by atoms with Crippen LogP contribution in [-0.4, -0.2) is 34.7 Å². The van der Waals surface area contributed by atoms with E-state index in [1.165, 1.54) is 7.11 Å². The molecule has 1 aliphatic heterocycles. The van der Waals surface area contributed by atoms with Gasteiger partial charge in [-0.2, -0.15) is 0 Å². The molecule has 1 fully saturated rings. The Labute approximate surface area is 114 Å². The molecule has 1 saturated heterocycles. The summed E-state index contributed by atoms with van der Waals surface area (Å²) in [7, 11) is -2.05. The van der Waals surface area contributed by atoms with E-state index in [-0.39, 0.29) is 10.9 Å². The first-order valence-electron chi connectivity index (χ1n) is 6.32. The minimum absolute atomic E-state index is 0.0458. The Kier molecular flexibility index (Phi) is 4.13. The monoisotopic (exact) mass is 284 g/mol. The van der Waals surface area contributed by atoms with Crippen molar-refractivity contribution in [3.63, 3.8) is 0 Å². The van der Waals surface area contributed by atoms with Crippen molar-refractivity contribution in [1.29, 1.82) is 0 Å². The number of rotatable bonds is 4. The summed E-state index contributed by atoms with van der Waals surface area (Å²) in [6.45, 7) is 5.24. The molecular formula is C13H20N2O3S. The first kappa shape index (κ1) is 14.3. The predicted molar refractivity (Wildman–Crippen MR) is 74.1 cm³/mol. The summed E-state index contributed by atoms with van der Waals surface area (Å²) < 4.78 is 32.9. The van der Waals surface area contributed by atoms with Gasteiger partial charge in [0.1, 0.15) is 10.6 Å². The first-order chi connectivity index (χ1) is 8.94. The van der Waals surface area contributed by atoms with E-state index in [1.807, 2.05) is 19.9 Å². The third kappa shape index (κ3) is 3.08. The molecule has 0 aliphatic carbocycles. The van der Waals surface area contributed by atoms with Gasteiger partial charge in [-0.25, -0.2) is 13.1 Å². The van der Waals surface area contributed by atoms with Crippen LogP contribution in [0, 0.1) is 13.8 Å². The molecule has 2 rings (SSSR count). The topological polar surface area (TPSA) is 67.4 Å². The largest absolute Gasteiger partial charge is 0.495 e. The molecule has 0 saturated carbocycles. The fourth-order valence-corrected chi connectivity index (χ4v) is 4.01. The minimum atomic E-state index is -3.55. The summed E-state index contributed by atoms with van der Waals surface area (Å²) in [6, 6.07) is 3.52. The fraction of sp³-hybridized carbons (Fsp3) is 0.538. The summed E-state index contributed by atoms with van der Waals surface area (Å²) in [5.41, 5.74) is 1.73. The van der Waals surface area contributed by atoms with Crippen LogP contribution in [-0.2, 0) is 10.0 Å². The number of ether oxygens (including phenoxy) is 1. The number of sulfonamides is 1. The van der Waals surface area contributed by atoms with E-state index in [0.29, 0.717) is 12.3 Å². The van der Waals surface area contributed by atoms with E-state index in [1.54, 1.807) is 6.07 Å². The van der Waals surface area contributed by atoms with Crippen molar-refractivity contribution in [2.45, 2.75) is 31.2 Å². The summed E-state index contributed by atoms with van der Waals surface area (Å²) in [6.07, 6.45) is 0.812. The average Bonchev–Trinajstić information content (AvgIpc) is 2.80. The van der Waals surface area contributed by atoms with Gasteiger partial charge in [-0.05, 0) is 44.0 Å². The second-order valence-corrected chi connectivity index (χ2v) is 6.61. The quantitative estimate of drug-likeness (QED) is 0.864. The maximum atomic E-state index is 12.5. The Balaban J connectivity index is 2.38. The van der Waals surface area contributed by atoms with Gasteiger partial charge in [-0.3, -0.25) is 0 Å². The van der Waals surface area contributed by atoms with Crippen molar-refractivity contribution >= 4 is 10.0 Å². The number of aryl methyl sites for hydroxylation is 2. The van der Waals surface area contributed by atoms with Crippen molar-refractivity contribution in [1.82, 2.24) is 10.0 Å². The molecule has 1 aromatic carbocycles. The highest BCUT2D eigenvalue weighted by Crippen LogP contribution is 2.29. The van der Waals surface area contributed by atoms with Crippen LogP contribution in [0.5, 0.6) is 5.75 Å². The lowest BCUT2D eigenvalue weighted by Crippen LogP contribution is -2.36. The van der Waals surface area contributed by atoms with Gasteiger partial charge < -0.3 is 10.1 Å². The second-order valence-electron chi connectivity index (χ2n) is 4.92. The molecule has 2 N–H and O–H groups in total. The van der Waals surface area contributed by atoms with Crippen LogP contribution in [0.3, 0.4) is 0 Å². The first-order valence-corrected chi connectivity index (χ1v) is 7.80. The molecule has 1 aliphatic rings. The van der Waals surface area contributed by atoms with E-state index in [2.05, 4.69) is 10.0 Å². The molecule has 5 nitrogen and oxygen atoms in total. The Bertz CT molecular complexity index is 563. The SMILES string of the molecule is COc1c(C)cc(C)cc1S(=O)(=O)NC1CCNC1. The standard InChI is InChI=1S/C13H20N2O3S/c1-9-6-10(2)13(18-3)12(7-9)19(16,17)15-11-4-5-14-8-11/h6-7,11,14-15H,4-5,8H2,1-3H3. The number of benzene rings is 1. The lowest BCUT2D eigenvalue weighted by atomic mass is 10.1. The lowest BCUT2D eigenvalue weighted by molar-refractivity contribution is 0.398. The summed E-state index contributed by atoms with van der Waals surface area (Å²) >= 11 is 0. The average molecular weight is 284 g/mol. The number of methoxy groups -OCH3 is 1. The number of hydrogen-bond acceptors (Lipinski definition) is 4. The van der Waals surface area contributed by atoms with Gasteiger partial charge in [0.2, 0.25) is 10.0 Å². The molecule has 0 spiro atoms. The maximum Gasteiger partial charge on any atom is 0.244 e. The van der Waals surface area contributed by atoms with Gasteiger partial charge in [0.15, 0.2) is 0 Å². The van der Waals surface area contributed by atoms with Crippen LogP contribution in [0.15, 0.2) is 17.0 Å². The third-order valence-electron chi connectivity index (χ3n) is 3.26. The maximum absolute atomic E-state index is 12.5. The molecule has 0 bridgehead atoms. The Morgan fingerprint density at radius 2 is 2.11 bits per heavy atom. The summed E-state index contributed by atoms with van der Waals surface area (Å²) in [5.74, 6) is 0.420. The van der Waals surface area contributed by atoms with Gasteiger partial charge in [0.25, 0.3) is 0 Å². The van der Waals surface area contributed by atoms with E-state index in [9.17, 15) is 8.42 Å². The summed E-state index contributed by atoms with van der Waals surface area (Å²) in [5, 5.41) is 3.14. The Morgan fingerprint density at radius 1 is 1.37 bits per heavy atom. The van der Waals surface area contributed by atoms with Gasteiger partial charge in [-0.1, -0.05) is 6.07 Å². The van der Waals surface area contributed by atoms with Crippen molar-refractivity contribution in [2.24, 2.45) is 0 Å². The molecule has 1 heterocycles. The molecule has 106 valence electrons. The van der Waals surface area contributed by atoms with Crippen molar-refractivity contribution in [3.8, 4) is 5.75 Å². The van der Waals surface area contributed by atoms with Gasteiger partial charge >= 0.3 is 0 Å².